The predicted molar refractivity (Wildman–Crippen MR) is 110 cm³/mol. The SMILES string of the molecule is C=C1N=C(C(=O)Nc2cc(Cl)c(Oc3cc(C(C)(C)C)c(=O)[nH]n3)c(Cl)c2)NO1. The van der Waals surface area contributed by atoms with Crippen LogP contribution in [0.2, 0.25) is 10.0 Å². The van der Waals surface area contributed by atoms with Gasteiger partial charge in [0.25, 0.3) is 11.5 Å². The zero-order valence-corrected chi connectivity index (χ0v) is 17.2. The maximum absolute atomic E-state index is 12.1. The minimum Gasteiger partial charge on any atom is -0.434 e. The van der Waals surface area contributed by atoms with Crippen molar-refractivity contribution in [3.8, 4) is 11.6 Å². The van der Waals surface area contributed by atoms with Gasteiger partial charge in [-0.2, -0.15) is 10.5 Å². The van der Waals surface area contributed by atoms with Crippen LogP contribution in [0.25, 0.3) is 0 Å². The molecule has 0 radical (unpaired) electrons. The number of anilines is 1. The molecule has 0 atom stereocenters. The number of nitrogens with one attached hydrogen (secondary N) is 3. The van der Waals surface area contributed by atoms with E-state index in [0.29, 0.717) is 11.3 Å². The Morgan fingerprint density at radius 1 is 1.24 bits per heavy atom. The van der Waals surface area contributed by atoms with Crippen LogP contribution >= 0.6 is 23.2 Å². The van der Waals surface area contributed by atoms with E-state index in [-0.39, 0.29) is 39.0 Å². The summed E-state index contributed by atoms with van der Waals surface area (Å²) in [6, 6.07) is 4.42. The highest BCUT2D eigenvalue weighted by Gasteiger charge is 2.22. The Kier molecular flexibility index (Phi) is 5.54. The summed E-state index contributed by atoms with van der Waals surface area (Å²) in [6.45, 7) is 9.14. The molecule has 9 nitrogen and oxygen atoms in total. The molecule has 0 fully saturated rings. The monoisotopic (exact) mass is 437 g/mol. The van der Waals surface area contributed by atoms with Crippen LogP contribution in [0.1, 0.15) is 26.3 Å². The quantitative estimate of drug-likeness (QED) is 0.673. The van der Waals surface area contributed by atoms with Gasteiger partial charge in [-0.05, 0) is 24.1 Å². The average molecular weight is 438 g/mol. The van der Waals surface area contributed by atoms with Crippen LogP contribution in [0.15, 0.2) is 40.4 Å². The molecule has 2 heterocycles. The molecule has 1 aromatic carbocycles. The number of hydroxylamine groups is 1. The van der Waals surface area contributed by atoms with Crippen molar-refractivity contribution in [2.75, 3.05) is 5.32 Å². The number of carbonyl (C=O) groups is 1. The third-order valence-electron chi connectivity index (χ3n) is 3.77. The number of aliphatic imine (C=N–C) groups is 1. The van der Waals surface area contributed by atoms with E-state index >= 15 is 0 Å². The van der Waals surface area contributed by atoms with Gasteiger partial charge in [0.2, 0.25) is 17.6 Å². The summed E-state index contributed by atoms with van der Waals surface area (Å²) in [5.41, 5.74) is 2.41. The number of benzene rings is 1. The molecule has 0 aliphatic carbocycles. The molecule has 0 saturated carbocycles. The number of aromatic nitrogens is 2. The van der Waals surface area contributed by atoms with Gasteiger partial charge in [-0.15, -0.1) is 5.10 Å². The van der Waals surface area contributed by atoms with E-state index in [1.807, 2.05) is 20.8 Å². The van der Waals surface area contributed by atoms with Gasteiger partial charge in [0.05, 0.1) is 10.0 Å². The van der Waals surface area contributed by atoms with Crippen LogP contribution < -0.4 is 21.1 Å². The molecule has 11 heteroatoms. The molecule has 29 heavy (non-hydrogen) atoms. The third kappa shape index (κ3) is 4.69. The van der Waals surface area contributed by atoms with E-state index < -0.39 is 11.3 Å². The second-order valence-corrected chi connectivity index (χ2v) is 7.90. The number of amidine groups is 1. The van der Waals surface area contributed by atoms with E-state index in [1.54, 1.807) is 0 Å². The van der Waals surface area contributed by atoms with Crippen LogP contribution in [0.5, 0.6) is 11.6 Å². The number of ether oxygens (including phenoxy) is 1. The van der Waals surface area contributed by atoms with Gasteiger partial charge in [-0.1, -0.05) is 44.0 Å². The largest absolute Gasteiger partial charge is 0.434 e. The molecule has 1 aromatic heterocycles. The molecule has 2 aromatic rings. The summed E-state index contributed by atoms with van der Waals surface area (Å²) in [6.07, 6.45) is 0. The zero-order valence-electron chi connectivity index (χ0n) is 15.7. The van der Waals surface area contributed by atoms with Gasteiger partial charge in [0.15, 0.2) is 5.75 Å². The summed E-state index contributed by atoms with van der Waals surface area (Å²) in [4.78, 5) is 32.7. The summed E-state index contributed by atoms with van der Waals surface area (Å²) in [5.74, 6) is -0.316. The first-order valence-corrected chi connectivity index (χ1v) is 9.09. The van der Waals surface area contributed by atoms with Gasteiger partial charge in [-0.3, -0.25) is 9.59 Å². The number of aromatic amines is 1. The molecule has 0 spiro atoms. The first kappa shape index (κ1) is 20.7. The van der Waals surface area contributed by atoms with Crippen LogP contribution in [-0.4, -0.2) is 21.9 Å². The van der Waals surface area contributed by atoms with Crippen molar-refractivity contribution < 1.29 is 14.4 Å². The number of halogens is 2. The van der Waals surface area contributed by atoms with E-state index in [0.717, 1.165) is 0 Å². The van der Waals surface area contributed by atoms with Crippen LogP contribution in [0, 0.1) is 0 Å². The zero-order chi connectivity index (χ0) is 21.3. The lowest BCUT2D eigenvalue weighted by Crippen LogP contribution is -2.31. The van der Waals surface area contributed by atoms with Crippen molar-refractivity contribution in [1.82, 2.24) is 15.7 Å². The highest BCUT2D eigenvalue weighted by molar-refractivity contribution is 6.43. The Balaban J connectivity index is 1.83. The number of amides is 1. The van der Waals surface area contributed by atoms with Crippen LogP contribution in [0.3, 0.4) is 0 Å². The molecule has 152 valence electrons. The van der Waals surface area contributed by atoms with E-state index in [1.165, 1.54) is 18.2 Å². The van der Waals surface area contributed by atoms with Crippen molar-refractivity contribution in [1.29, 1.82) is 0 Å². The molecule has 1 aliphatic rings. The second kappa shape index (κ2) is 7.76. The van der Waals surface area contributed by atoms with Crippen molar-refractivity contribution in [3.63, 3.8) is 0 Å². The summed E-state index contributed by atoms with van der Waals surface area (Å²) in [7, 11) is 0. The van der Waals surface area contributed by atoms with E-state index in [2.05, 4.69) is 32.6 Å². The molecule has 0 unspecified atom stereocenters. The Morgan fingerprint density at radius 2 is 1.90 bits per heavy atom. The first-order valence-electron chi connectivity index (χ1n) is 8.33. The maximum atomic E-state index is 12.1. The number of hydrogen-bond donors (Lipinski definition) is 3. The lowest BCUT2D eigenvalue weighted by atomic mass is 9.88. The van der Waals surface area contributed by atoms with Gasteiger partial charge >= 0.3 is 0 Å². The third-order valence-corrected chi connectivity index (χ3v) is 4.33. The standard InChI is InChI=1S/C18H17Cl2N5O4/c1-8-21-15(25-29-8)17(27)22-9-5-11(19)14(12(20)6-9)28-13-7-10(18(2,3)4)16(26)24-23-13/h5-7H,1H2,2-4H3,(H,21,25)(H,22,27)(H,24,26). The smallest absolute Gasteiger partial charge is 0.294 e. The second-order valence-electron chi connectivity index (χ2n) is 7.08. The summed E-state index contributed by atoms with van der Waals surface area (Å²) < 4.78 is 5.68. The molecule has 1 amide bonds. The fourth-order valence-corrected chi connectivity index (χ4v) is 2.96. The van der Waals surface area contributed by atoms with Crippen molar-refractivity contribution in [2.24, 2.45) is 4.99 Å². The van der Waals surface area contributed by atoms with Crippen molar-refractivity contribution in [3.05, 3.63) is 56.6 Å². The number of carbonyl (C=O) groups excluding carboxylic acids is 1. The number of hydrogen-bond acceptors (Lipinski definition) is 7. The predicted octanol–water partition coefficient (Wildman–Crippen LogP) is 3.51. The molecule has 1 aliphatic heterocycles. The molecule has 0 saturated heterocycles. The highest BCUT2D eigenvalue weighted by Crippen LogP contribution is 2.38. The van der Waals surface area contributed by atoms with Gasteiger partial charge in [-0.25, -0.2) is 5.10 Å². The first-order chi connectivity index (χ1) is 13.5. The van der Waals surface area contributed by atoms with Crippen LogP contribution in [-0.2, 0) is 15.0 Å². The van der Waals surface area contributed by atoms with Gasteiger partial charge < -0.3 is 14.9 Å². The topological polar surface area (TPSA) is 118 Å². The Bertz CT molecular complexity index is 1070. The minimum atomic E-state index is -0.568. The summed E-state index contributed by atoms with van der Waals surface area (Å²) in [5, 5.41) is 9.08. The molecular weight excluding hydrogens is 421 g/mol. The van der Waals surface area contributed by atoms with E-state index in [4.69, 9.17) is 32.8 Å². The Morgan fingerprint density at radius 3 is 2.45 bits per heavy atom. The van der Waals surface area contributed by atoms with Crippen LogP contribution in [0.4, 0.5) is 5.69 Å². The highest BCUT2D eigenvalue weighted by atomic mass is 35.5. The minimum absolute atomic E-state index is 0.0604. The summed E-state index contributed by atoms with van der Waals surface area (Å²) >= 11 is 12.5. The Hall–Kier alpha value is -3.04. The fraction of sp³-hybridized carbons (Fsp3) is 0.222. The number of rotatable bonds is 4. The number of nitrogens with zero attached hydrogens (tertiary/aromatic N) is 2. The molecule has 3 rings (SSSR count). The maximum Gasteiger partial charge on any atom is 0.294 e. The van der Waals surface area contributed by atoms with Gasteiger partial charge in [0, 0.05) is 17.3 Å². The lowest BCUT2D eigenvalue weighted by molar-refractivity contribution is -0.110. The normalized spacial score (nSPS) is 13.4. The van der Waals surface area contributed by atoms with Gasteiger partial charge in [0.1, 0.15) is 0 Å². The fourth-order valence-electron chi connectivity index (χ4n) is 2.40. The molecule has 3 N–H and O–H groups in total. The lowest BCUT2D eigenvalue weighted by Gasteiger charge is -2.18. The molecule has 0 bridgehead atoms. The Labute approximate surface area is 175 Å². The van der Waals surface area contributed by atoms with E-state index in [9.17, 15) is 9.59 Å². The van der Waals surface area contributed by atoms with Crippen molar-refractivity contribution in [2.45, 2.75) is 26.2 Å². The molecular formula is C18H17Cl2N5O4. The number of H-pyrrole nitrogens is 1. The average Bonchev–Trinajstić information content (AvgIpc) is 3.05. The van der Waals surface area contributed by atoms with Crippen molar-refractivity contribution >= 4 is 40.6 Å².